The molecule has 80 valence electrons. The van der Waals surface area contributed by atoms with E-state index in [1.54, 1.807) is 0 Å². The Bertz CT molecular complexity index is 208. The van der Waals surface area contributed by atoms with Gasteiger partial charge in [-0.1, -0.05) is 19.1 Å². The van der Waals surface area contributed by atoms with Crippen molar-refractivity contribution in [3.05, 3.63) is 12.2 Å². The lowest BCUT2D eigenvalue weighted by Gasteiger charge is -2.15. The summed E-state index contributed by atoms with van der Waals surface area (Å²) < 4.78 is 0. The van der Waals surface area contributed by atoms with Crippen molar-refractivity contribution in [2.75, 3.05) is 6.61 Å². The van der Waals surface area contributed by atoms with Crippen molar-refractivity contribution < 1.29 is 9.90 Å². The van der Waals surface area contributed by atoms with E-state index in [0.29, 0.717) is 11.7 Å². The number of allylic oxidation sites excluding steroid dienone is 2. The van der Waals surface area contributed by atoms with E-state index in [1.807, 2.05) is 0 Å². The molecule has 0 aromatic rings. The maximum Gasteiger partial charge on any atom is 0.136 e. The molecule has 0 amide bonds. The molecule has 1 aliphatic carbocycles. The van der Waals surface area contributed by atoms with Gasteiger partial charge in [-0.05, 0) is 31.6 Å². The molecule has 1 aliphatic rings. The van der Waals surface area contributed by atoms with Crippen LogP contribution in [0.5, 0.6) is 0 Å². The van der Waals surface area contributed by atoms with Crippen LogP contribution in [0, 0.1) is 11.8 Å². The quantitative estimate of drug-likeness (QED) is 0.685. The zero-order valence-corrected chi connectivity index (χ0v) is 8.91. The van der Waals surface area contributed by atoms with Crippen LogP contribution >= 0.6 is 0 Å². The van der Waals surface area contributed by atoms with Crippen LogP contribution in [0.3, 0.4) is 0 Å². The molecule has 2 atom stereocenters. The molecule has 0 saturated heterocycles. The van der Waals surface area contributed by atoms with E-state index in [9.17, 15) is 4.79 Å². The molecule has 0 bridgehead atoms. The summed E-state index contributed by atoms with van der Waals surface area (Å²) in [5.74, 6) is 1.00. The zero-order chi connectivity index (χ0) is 10.4. The first-order valence-corrected chi connectivity index (χ1v) is 5.58. The van der Waals surface area contributed by atoms with Gasteiger partial charge in [-0.3, -0.25) is 4.79 Å². The first-order valence-electron chi connectivity index (χ1n) is 5.58. The number of hydrogen-bond acceptors (Lipinski definition) is 2. The van der Waals surface area contributed by atoms with E-state index in [0.717, 1.165) is 32.1 Å². The average molecular weight is 196 g/mol. The number of carbonyl (C=O) groups is 1. The van der Waals surface area contributed by atoms with Crippen LogP contribution in [0.25, 0.3) is 0 Å². The summed E-state index contributed by atoms with van der Waals surface area (Å²) in [4.78, 5) is 11.5. The van der Waals surface area contributed by atoms with Crippen LogP contribution in [0.1, 0.15) is 39.0 Å². The fraction of sp³-hybridized carbons (Fsp3) is 0.750. The maximum absolute atomic E-state index is 11.5. The Balaban J connectivity index is 2.44. The van der Waals surface area contributed by atoms with Crippen molar-refractivity contribution in [3.63, 3.8) is 0 Å². The fourth-order valence-corrected chi connectivity index (χ4v) is 2.22. The molecule has 0 unspecified atom stereocenters. The number of rotatable bonds is 5. The molecule has 14 heavy (non-hydrogen) atoms. The van der Waals surface area contributed by atoms with Gasteiger partial charge in [0.25, 0.3) is 0 Å². The third-order valence-electron chi connectivity index (χ3n) is 3.04. The summed E-state index contributed by atoms with van der Waals surface area (Å²) in [6.45, 7) is 2.31. The van der Waals surface area contributed by atoms with E-state index >= 15 is 0 Å². The zero-order valence-electron chi connectivity index (χ0n) is 8.91. The van der Waals surface area contributed by atoms with Crippen LogP contribution in [0.2, 0.25) is 0 Å². The topological polar surface area (TPSA) is 37.3 Å². The van der Waals surface area contributed by atoms with E-state index in [4.69, 9.17) is 5.11 Å². The number of carbonyl (C=O) groups excluding carboxylic acids is 1. The van der Waals surface area contributed by atoms with Gasteiger partial charge in [0.2, 0.25) is 0 Å². The normalized spacial score (nSPS) is 27.7. The summed E-state index contributed by atoms with van der Waals surface area (Å²) in [7, 11) is 0. The third-order valence-corrected chi connectivity index (χ3v) is 3.04. The monoisotopic (exact) mass is 196 g/mol. The Morgan fingerprint density at radius 2 is 2.29 bits per heavy atom. The number of aliphatic hydroxyl groups excluding tert-OH is 1. The second kappa shape index (κ2) is 5.97. The highest BCUT2D eigenvalue weighted by Crippen LogP contribution is 2.33. The molecule has 0 aromatic heterocycles. The minimum Gasteiger partial charge on any atom is -0.396 e. The average Bonchev–Trinajstić information content (AvgIpc) is 2.50. The first-order chi connectivity index (χ1) is 6.79. The lowest BCUT2D eigenvalue weighted by atomic mass is 9.90. The molecule has 1 N–H and O–H groups in total. The van der Waals surface area contributed by atoms with Gasteiger partial charge in [0.05, 0.1) is 0 Å². The summed E-state index contributed by atoms with van der Waals surface area (Å²) in [5.41, 5.74) is 0. The van der Waals surface area contributed by atoms with Crippen LogP contribution in [0.4, 0.5) is 0 Å². The van der Waals surface area contributed by atoms with Gasteiger partial charge in [-0.2, -0.15) is 0 Å². The molecule has 0 spiro atoms. The van der Waals surface area contributed by atoms with Gasteiger partial charge in [0.1, 0.15) is 5.78 Å². The summed E-state index contributed by atoms with van der Waals surface area (Å²) >= 11 is 0. The number of Topliss-reactive ketones (excluding diaryl/α,β-unsaturated/α-hetero) is 1. The predicted molar refractivity (Wildman–Crippen MR) is 57.0 cm³/mol. The highest BCUT2D eigenvalue weighted by atomic mass is 16.3. The van der Waals surface area contributed by atoms with Gasteiger partial charge in [-0.15, -0.1) is 0 Å². The van der Waals surface area contributed by atoms with Gasteiger partial charge >= 0.3 is 0 Å². The molecular weight excluding hydrogens is 176 g/mol. The Kier molecular flexibility index (Phi) is 4.88. The van der Waals surface area contributed by atoms with Gasteiger partial charge in [0.15, 0.2) is 0 Å². The summed E-state index contributed by atoms with van der Waals surface area (Å²) in [5, 5.41) is 8.87. The predicted octanol–water partition coefficient (Wildman–Crippen LogP) is 2.32. The SMILES string of the molecule is CC/C=C\C[C@H]1C(=O)CC[C@@H]1CCO. The van der Waals surface area contributed by atoms with E-state index in [2.05, 4.69) is 19.1 Å². The summed E-state index contributed by atoms with van der Waals surface area (Å²) in [6, 6.07) is 0. The van der Waals surface area contributed by atoms with Gasteiger partial charge in [-0.25, -0.2) is 0 Å². The van der Waals surface area contributed by atoms with E-state index < -0.39 is 0 Å². The standard InChI is InChI=1S/C12H20O2/c1-2-3-4-5-11-10(8-9-13)6-7-12(11)14/h3-4,10-11,13H,2,5-9H2,1H3/b4-3-/t10-,11-/m1/s1. The molecule has 1 fully saturated rings. The largest absolute Gasteiger partial charge is 0.396 e. The number of aliphatic hydroxyl groups is 1. The third kappa shape index (κ3) is 2.95. The van der Waals surface area contributed by atoms with Crippen molar-refractivity contribution in [3.8, 4) is 0 Å². The van der Waals surface area contributed by atoms with Crippen LogP contribution in [-0.2, 0) is 4.79 Å². The maximum atomic E-state index is 11.5. The minimum atomic E-state index is 0.185. The molecule has 0 aromatic carbocycles. The van der Waals surface area contributed by atoms with Gasteiger partial charge < -0.3 is 5.11 Å². The molecule has 2 nitrogen and oxygen atoms in total. The molecule has 1 rings (SSSR count). The van der Waals surface area contributed by atoms with Crippen LogP contribution in [-0.4, -0.2) is 17.5 Å². The lowest BCUT2D eigenvalue weighted by molar-refractivity contribution is -0.121. The van der Waals surface area contributed by atoms with E-state index in [-0.39, 0.29) is 12.5 Å². The number of hydrogen-bond donors (Lipinski definition) is 1. The van der Waals surface area contributed by atoms with Crippen molar-refractivity contribution >= 4 is 5.78 Å². The Morgan fingerprint density at radius 3 is 2.93 bits per heavy atom. The Labute approximate surface area is 86.0 Å². The minimum absolute atomic E-state index is 0.185. The molecule has 0 radical (unpaired) electrons. The van der Waals surface area contributed by atoms with Crippen LogP contribution in [0.15, 0.2) is 12.2 Å². The summed E-state index contributed by atoms with van der Waals surface area (Å²) in [6.07, 6.45) is 8.61. The molecule has 0 aliphatic heterocycles. The number of ketones is 1. The molecule has 2 heteroatoms. The highest BCUT2D eigenvalue weighted by Gasteiger charge is 2.32. The van der Waals surface area contributed by atoms with Gasteiger partial charge in [0, 0.05) is 18.9 Å². The molecule has 0 heterocycles. The van der Waals surface area contributed by atoms with Crippen molar-refractivity contribution in [2.45, 2.75) is 39.0 Å². The van der Waals surface area contributed by atoms with Crippen molar-refractivity contribution in [1.29, 1.82) is 0 Å². The second-order valence-electron chi connectivity index (χ2n) is 4.00. The van der Waals surface area contributed by atoms with Crippen LogP contribution < -0.4 is 0 Å². The molecule has 1 saturated carbocycles. The molecular formula is C12H20O2. The van der Waals surface area contributed by atoms with Crippen molar-refractivity contribution in [1.82, 2.24) is 0 Å². The first kappa shape index (κ1) is 11.4. The van der Waals surface area contributed by atoms with E-state index in [1.165, 1.54) is 0 Å². The Morgan fingerprint density at radius 1 is 1.50 bits per heavy atom. The highest BCUT2D eigenvalue weighted by molar-refractivity contribution is 5.83. The Hall–Kier alpha value is -0.630. The second-order valence-corrected chi connectivity index (χ2v) is 4.00. The fourth-order valence-electron chi connectivity index (χ4n) is 2.22. The smallest absolute Gasteiger partial charge is 0.136 e. The lowest BCUT2D eigenvalue weighted by Crippen LogP contribution is -2.15. The van der Waals surface area contributed by atoms with Crippen molar-refractivity contribution in [2.24, 2.45) is 11.8 Å².